The number of carbonyl (C=O) groups is 2. The number of nitrogens with two attached hydrogens (primary N) is 3. The van der Waals surface area contributed by atoms with Gasteiger partial charge in [-0.3, -0.25) is 20.2 Å². The Morgan fingerprint density at radius 3 is 1.90 bits per heavy atom. The molecule has 30 heavy (non-hydrogen) atoms. The van der Waals surface area contributed by atoms with E-state index in [1.165, 1.54) is 30.3 Å². The quantitative estimate of drug-likeness (QED) is 0.174. The van der Waals surface area contributed by atoms with E-state index in [1.54, 1.807) is 12.1 Å². The van der Waals surface area contributed by atoms with Crippen LogP contribution in [0.15, 0.2) is 42.5 Å². The summed E-state index contributed by atoms with van der Waals surface area (Å²) in [4.78, 5) is 21.5. The van der Waals surface area contributed by atoms with Crippen molar-refractivity contribution in [1.29, 1.82) is 10.8 Å². The monoisotopic (exact) mass is 436 g/mol. The van der Waals surface area contributed by atoms with Gasteiger partial charge in [-0.15, -0.1) is 0 Å². The summed E-state index contributed by atoms with van der Waals surface area (Å²) in [6.45, 7) is 0. The third kappa shape index (κ3) is 7.95. The number of benzene rings is 2. The fourth-order valence-corrected chi connectivity index (χ4v) is 2.80. The van der Waals surface area contributed by atoms with Crippen molar-refractivity contribution in [2.45, 2.75) is 5.75 Å². The Balaban J connectivity index is 0.000000311. The van der Waals surface area contributed by atoms with Gasteiger partial charge in [0.2, 0.25) is 5.91 Å². The predicted octanol–water partition coefficient (Wildman–Crippen LogP) is 0.148. The Hall–Kier alpha value is -3.97. The molecule has 0 atom stereocenters. The lowest BCUT2D eigenvalue weighted by Crippen LogP contribution is -2.20. The molecule has 0 aliphatic heterocycles. The molecule has 13 heteroatoms. The first-order chi connectivity index (χ1) is 13.8. The number of primary amides is 1. The molecule has 0 spiro atoms. The number of carboxylic acids is 1. The Morgan fingerprint density at radius 1 is 0.967 bits per heavy atom. The van der Waals surface area contributed by atoms with Gasteiger partial charge in [0.25, 0.3) is 10.1 Å². The Kier molecular flexibility index (Phi) is 8.02. The lowest BCUT2D eigenvalue weighted by molar-refractivity contribution is 0.0696. The molecule has 0 aromatic heterocycles. The fourth-order valence-electron chi connectivity index (χ4n) is 2.17. The van der Waals surface area contributed by atoms with Gasteiger partial charge in [0, 0.05) is 16.8 Å². The van der Waals surface area contributed by atoms with Crippen LogP contribution in [0.25, 0.3) is 0 Å². The highest BCUT2D eigenvalue weighted by molar-refractivity contribution is 7.85. The zero-order valence-corrected chi connectivity index (χ0v) is 16.2. The summed E-state index contributed by atoms with van der Waals surface area (Å²) < 4.78 is 30.3. The van der Waals surface area contributed by atoms with E-state index < -0.39 is 27.7 Å². The van der Waals surface area contributed by atoms with Crippen LogP contribution >= 0.6 is 0 Å². The van der Waals surface area contributed by atoms with Crippen molar-refractivity contribution in [3.8, 4) is 0 Å². The summed E-state index contributed by atoms with van der Waals surface area (Å²) >= 11 is 0. The van der Waals surface area contributed by atoms with Crippen molar-refractivity contribution >= 4 is 39.5 Å². The Labute approximate surface area is 171 Å². The van der Waals surface area contributed by atoms with E-state index in [4.69, 9.17) is 37.7 Å². The first-order valence-corrected chi connectivity index (χ1v) is 9.57. The molecule has 12 nitrogen and oxygen atoms in total. The molecule has 11 N–H and O–H groups in total. The maximum atomic E-state index is 11.0. The number of hydrogen-bond acceptors (Lipinski definition) is 6. The van der Waals surface area contributed by atoms with Crippen LogP contribution in [-0.2, 0) is 15.9 Å². The topological polar surface area (TPSA) is 247 Å². The van der Waals surface area contributed by atoms with Gasteiger partial charge in [-0.05, 0) is 42.0 Å². The zero-order chi connectivity index (χ0) is 23.1. The van der Waals surface area contributed by atoms with Crippen molar-refractivity contribution < 1.29 is 27.7 Å². The molecule has 0 radical (unpaired) electrons. The van der Waals surface area contributed by atoms with Crippen molar-refractivity contribution in [3.05, 3.63) is 64.7 Å². The molecule has 2 rings (SSSR count). The number of amidine groups is 1. The van der Waals surface area contributed by atoms with Crippen LogP contribution in [0.4, 0.5) is 5.69 Å². The smallest absolute Gasteiger partial charge is 0.335 e. The van der Waals surface area contributed by atoms with Crippen LogP contribution in [0.2, 0.25) is 0 Å². The zero-order valence-electron chi connectivity index (χ0n) is 15.4. The van der Waals surface area contributed by atoms with Gasteiger partial charge in [0.15, 0.2) is 5.96 Å². The Morgan fingerprint density at radius 2 is 1.50 bits per heavy atom. The third-order valence-electron chi connectivity index (χ3n) is 3.43. The van der Waals surface area contributed by atoms with E-state index in [-0.39, 0.29) is 34.0 Å². The van der Waals surface area contributed by atoms with Gasteiger partial charge in [0.05, 0.1) is 5.56 Å². The summed E-state index contributed by atoms with van der Waals surface area (Å²) in [5.41, 5.74) is 16.4. The molecule has 0 unspecified atom stereocenters. The number of nitrogen functional groups attached to an aromatic ring is 1. The molecular weight excluding hydrogens is 416 g/mol. The summed E-state index contributed by atoms with van der Waals surface area (Å²) in [5.74, 6) is -3.01. The molecule has 0 aliphatic carbocycles. The molecule has 160 valence electrons. The highest BCUT2D eigenvalue weighted by Crippen LogP contribution is 2.14. The van der Waals surface area contributed by atoms with Crippen LogP contribution in [0.3, 0.4) is 0 Å². The van der Waals surface area contributed by atoms with Crippen LogP contribution in [0.5, 0.6) is 0 Å². The second-order valence-electron chi connectivity index (χ2n) is 5.80. The van der Waals surface area contributed by atoms with Gasteiger partial charge >= 0.3 is 5.97 Å². The molecule has 0 heterocycles. The minimum Gasteiger partial charge on any atom is -0.478 e. The SMILES string of the molecule is N=C(N)Nc1ccc(C(=O)O)cc1.N=C(N)c1ccc(C(N)=O)c(CS(=O)(=O)O)c1. The first-order valence-electron chi connectivity index (χ1n) is 7.97. The van der Waals surface area contributed by atoms with Crippen molar-refractivity contribution in [3.63, 3.8) is 0 Å². The van der Waals surface area contributed by atoms with Crippen LogP contribution < -0.4 is 22.5 Å². The average molecular weight is 436 g/mol. The molecule has 0 aliphatic rings. The average Bonchev–Trinajstić information content (AvgIpc) is 2.60. The van der Waals surface area contributed by atoms with Crippen LogP contribution in [0, 0.1) is 10.8 Å². The van der Waals surface area contributed by atoms with Gasteiger partial charge in [-0.1, -0.05) is 6.07 Å². The maximum absolute atomic E-state index is 11.0. The van der Waals surface area contributed by atoms with E-state index >= 15 is 0 Å². The molecule has 0 saturated carbocycles. The molecule has 0 saturated heterocycles. The summed E-state index contributed by atoms with van der Waals surface area (Å²) in [5, 5.41) is 25.2. The number of carboxylic acid groups (broad SMARTS) is 1. The molecular formula is C17H20N6O6S. The largest absolute Gasteiger partial charge is 0.478 e. The minimum absolute atomic E-state index is 0.00713. The van der Waals surface area contributed by atoms with Gasteiger partial charge < -0.3 is 27.6 Å². The summed E-state index contributed by atoms with van der Waals surface area (Å²) in [6, 6.07) is 9.84. The number of rotatable bonds is 6. The number of guanidine groups is 1. The number of amides is 1. The van der Waals surface area contributed by atoms with Crippen molar-refractivity contribution in [1.82, 2.24) is 0 Å². The predicted molar refractivity (Wildman–Crippen MR) is 110 cm³/mol. The fraction of sp³-hybridized carbons (Fsp3) is 0.0588. The van der Waals surface area contributed by atoms with E-state index in [2.05, 4.69) is 5.32 Å². The second-order valence-corrected chi connectivity index (χ2v) is 7.25. The van der Waals surface area contributed by atoms with Gasteiger partial charge in [-0.25, -0.2) is 4.79 Å². The van der Waals surface area contributed by atoms with Crippen molar-refractivity contribution in [2.24, 2.45) is 17.2 Å². The first kappa shape index (κ1) is 24.1. The number of hydrogen-bond donors (Lipinski definition) is 8. The summed E-state index contributed by atoms with van der Waals surface area (Å²) in [6.07, 6.45) is 0. The number of carbonyl (C=O) groups excluding carboxylic acids is 1. The van der Waals surface area contributed by atoms with E-state index in [1.807, 2.05) is 0 Å². The van der Waals surface area contributed by atoms with Crippen LogP contribution in [-0.4, -0.2) is 41.7 Å². The minimum atomic E-state index is -4.29. The van der Waals surface area contributed by atoms with Crippen molar-refractivity contribution in [2.75, 3.05) is 5.32 Å². The second kappa shape index (κ2) is 9.99. The van der Waals surface area contributed by atoms with Gasteiger partial charge in [-0.2, -0.15) is 8.42 Å². The lowest BCUT2D eigenvalue weighted by Gasteiger charge is -2.07. The summed E-state index contributed by atoms with van der Waals surface area (Å²) in [7, 11) is -4.29. The van der Waals surface area contributed by atoms with Crippen LogP contribution in [0.1, 0.15) is 31.8 Å². The third-order valence-corrected chi connectivity index (χ3v) is 4.11. The highest BCUT2D eigenvalue weighted by Gasteiger charge is 2.15. The number of anilines is 1. The molecule has 1 amide bonds. The molecule has 2 aromatic rings. The number of aromatic carboxylic acids is 1. The number of nitrogens with one attached hydrogen (secondary N) is 3. The maximum Gasteiger partial charge on any atom is 0.335 e. The van der Waals surface area contributed by atoms with E-state index in [9.17, 15) is 18.0 Å². The molecule has 0 fully saturated rings. The molecule has 0 bridgehead atoms. The molecule has 2 aromatic carbocycles. The normalized spacial score (nSPS) is 10.3. The Bertz CT molecular complexity index is 1080. The highest BCUT2D eigenvalue weighted by atomic mass is 32.2. The standard InChI is InChI=1S/C9H11N3O4S.C8H9N3O2/c10-8(11)5-1-2-7(9(12)13)6(3-5)4-17(14,15)16;9-8(10)11-6-3-1-5(2-4-6)7(12)13/h1-3H,4H2,(H3,10,11)(H2,12,13)(H,14,15,16);1-4H,(H,12,13)(H4,9,10,11). The van der Waals surface area contributed by atoms with E-state index in [0.717, 1.165) is 0 Å². The van der Waals surface area contributed by atoms with Gasteiger partial charge in [0.1, 0.15) is 11.6 Å². The lowest BCUT2D eigenvalue weighted by atomic mass is 10.0. The van der Waals surface area contributed by atoms with E-state index in [0.29, 0.717) is 5.69 Å².